The van der Waals surface area contributed by atoms with Crippen LogP contribution in [0.4, 0.5) is 11.5 Å². The minimum absolute atomic E-state index is 0.00154. The van der Waals surface area contributed by atoms with Crippen LogP contribution in [0.2, 0.25) is 0 Å². The lowest BCUT2D eigenvalue weighted by Gasteiger charge is -2.29. The molecule has 2 heterocycles. The molecule has 0 amide bonds. The summed E-state index contributed by atoms with van der Waals surface area (Å²) in [5.41, 5.74) is 1.16. The summed E-state index contributed by atoms with van der Waals surface area (Å²) in [5, 5.41) is 15.4. The maximum Gasteiger partial charge on any atom is 0.358 e. The third-order valence-corrected chi connectivity index (χ3v) is 4.70. The number of fused-ring (bicyclic) bond motifs is 1. The first-order valence-corrected chi connectivity index (χ1v) is 8.32. The molecule has 2 atom stereocenters. The van der Waals surface area contributed by atoms with Gasteiger partial charge in [-0.25, -0.2) is 14.5 Å². The number of aliphatic imine (C=N–C) groups is 1. The van der Waals surface area contributed by atoms with Gasteiger partial charge in [0.15, 0.2) is 11.5 Å². The van der Waals surface area contributed by atoms with Gasteiger partial charge in [-0.2, -0.15) is 5.10 Å². The first-order chi connectivity index (χ1) is 13.3. The van der Waals surface area contributed by atoms with Crippen molar-refractivity contribution in [3.05, 3.63) is 51.2 Å². The lowest BCUT2D eigenvalue weighted by molar-refractivity contribution is -0.384. The van der Waals surface area contributed by atoms with E-state index in [1.165, 1.54) is 37.1 Å². The Bertz CT molecular complexity index is 1010. The molecule has 2 unspecified atom stereocenters. The summed E-state index contributed by atoms with van der Waals surface area (Å²) >= 11 is 0. The van der Waals surface area contributed by atoms with E-state index in [-0.39, 0.29) is 11.4 Å². The Morgan fingerprint density at radius 2 is 1.96 bits per heavy atom. The summed E-state index contributed by atoms with van der Waals surface area (Å²) in [6, 6.07) is 5.91. The van der Waals surface area contributed by atoms with Crippen molar-refractivity contribution in [1.82, 2.24) is 9.78 Å². The Morgan fingerprint density at radius 1 is 1.25 bits per heavy atom. The number of ether oxygens (including phenoxy) is 2. The average Bonchev–Trinajstić information content (AvgIpc) is 3.02. The molecule has 0 saturated carbocycles. The highest BCUT2D eigenvalue weighted by Crippen LogP contribution is 2.45. The van der Waals surface area contributed by atoms with Gasteiger partial charge in [0.05, 0.1) is 19.1 Å². The summed E-state index contributed by atoms with van der Waals surface area (Å²) in [7, 11) is 4.09. The van der Waals surface area contributed by atoms with Crippen molar-refractivity contribution in [3.63, 3.8) is 0 Å². The van der Waals surface area contributed by atoms with Gasteiger partial charge in [-0.15, -0.1) is 0 Å². The van der Waals surface area contributed by atoms with Crippen LogP contribution in [0.3, 0.4) is 0 Å². The molecule has 0 bridgehead atoms. The molecule has 3 rings (SSSR count). The van der Waals surface area contributed by atoms with Crippen LogP contribution >= 0.6 is 0 Å². The lowest BCUT2D eigenvalue weighted by Crippen LogP contribution is -2.33. The second kappa shape index (κ2) is 7.22. The van der Waals surface area contributed by atoms with E-state index >= 15 is 0 Å². The zero-order valence-electron chi connectivity index (χ0n) is 15.7. The molecular formula is C18H18N4O6. The van der Waals surface area contributed by atoms with Crippen molar-refractivity contribution < 1.29 is 24.0 Å². The molecule has 1 aliphatic rings. The molecule has 146 valence electrons. The Balaban J connectivity index is 2.32. The van der Waals surface area contributed by atoms with E-state index in [1.807, 2.05) is 0 Å². The molecule has 1 aromatic carbocycles. The number of rotatable bonds is 4. The molecule has 0 N–H and O–H groups in total. The number of carbonyl (C=O) groups excluding carboxylic acids is 2. The van der Waals surface area contributed by atoms with E-state index in [4.69, 9.17) is 9.47 Å². The summed E-state index contributed by atoms with van der Waals surface area (Å²) in [6.07, 6.45) is 0. The molecular weight excluding hydrogens is 368 g/mol. The van der Waals surface area contributed by atoms with Crippen LogP contribution in [0.25, 0.3) is 0 Å². The number of nitro benzene ring substituents is 1. The van der Waals surface area contributed by atoms with Gasteiger partial charge in [0.25, 0.3) is 5.69 Å². The van der Waals surface area contributed by atoms with Gasteiger partial charge in [-0.3, -0.25) is 14.9 Å². The molecule has 0 spiro atoms. The van der Waals surface area contributed by atoms with Gasteiger partial charge in [-0.1, -0.05) is 12.1 Å². The highest BCUT2D eigenvalue weighted by atomic mass is 16.6. The number of aryl methyl sites for hydroxylation is 1. The third kappa shape index (κ3) is 3.02. The Hall–Kier alpha value is -3.56. The van der Waals surface area contributed by atoms with Crippen molar-refractivity contribution >= 4 is 29.2 Å². The number of hydrogen-bond donors (Lipinski definition) is 0. The maximum atomic E-state index is 12.6. The van der Waals surface area contributed by atoms with Gasteiger partial charge in [0.2, 0.25) is 0 Å². The van der Waals surface area contributed by atoms with E-state index in [2.05, 4.69) is 10.1 Å². The van der Waals surface area contributed by atoms with Crippen LogP contribution in [0.5, 0.6) is 0 Å². The SMILES string of the molecule is COC(=O)c1nn(C)c2c1C(c1cccc([N+](=O)[O-])c1)C(C(=O)OC)C(C)=N2. The molecule has 1 aliphatic heterocycles. The maximum absolute atomic E-state index is 12.6. The molecule has 0 aliphatic carbocycles. The first kappa shape index (κ1) is 19.2. The average molecular weight is 386 g/mol. The van der Waals surface area contributed by atoms with Crippen molar-refractivity contribution in [2.24, 2.45) is 18.0 Å². The number of carbonyl (C=O) groups is 2. The summed E-state index contributed by atoms with van der Waals surface area (Å²) in [6.45, 7) is 1.67. The minimum atomic E-state index is -0.868. The lowest BCUT2D eigenvalue weighted by atomic mass is 9.76. The molecule has 1 aromatic heterocycles. The number of hydrogen-bond acceptors (Lipinski definition) is 8. The number of esters is 2. The van der Waals surface area contributed by atoms with E-state index in [1.54, 1.807) is 20.0 Å². The summed E-state index contributed by atoms with van der Waals surface area (Å²) < 4.78 is 11.2. The summed E-state index contributed by atoms with van der Waals surface area (Å²) in [4.78, 5) is 40.0. The van der Waals surface area contributed by atoms with Gasteiger partial charge in [0, 0.05) is 36.4 Å². The van der Waals surface area contributed by atoms with E-state index in [9.17, 15) is 19.7 Å². The number of non-ortho nitro benzene ring substituents is 1. The molecule has 0 fully saturated rings. The molecule has 28 heavy (non-hydrogen) atoms. The number of benzene rings is 1. The molecule has 0 saturated heterocycles. The highest BCUT2D eigenvalue weighted by molar-refractivity contribution is 6.06. The van der Waals surface area contributed by atoms with E-state index < -0.39 is 28.7 Å². The fourth-order valence-corrected chi connectivity index (χ4v) is 3.47. The van der Waals surface area contributed by atoms with Crippen LogP contribution in [0.1, 0.15) is 34.5 Å². The molecule has 0 radical (unpaired) electrons. The number of nitrogens with zero attached hydrogens (tertiary/aromatic N) is 4. The van der Waals surface area contributed by atoms with Crippen LogP contribution in [0.15, 0.2) is 29.3 Å². The van der Waals surface area contributed by atoms with E-state index in [0.29, 0.717) is 22.7 Å². The van der Waals surface area contributed by atoms with Crippen LogP contribution in [-0.2, 0) is 21.3 Å². The van der Waals surface area contributed by atoms with Crippen molar-refractivity contribution in [3.8, 4) is 0 Å². The molecule has 2 aromatic rings. The second-order valence-electron chi connectivity index (χ2n) is 6.28. The molecule has 10 heteroatoms. The zero-order valence-corrected chi connectivity index (χ0v) is 15.7. The second-order valence-corrected chi connectivity index (χ2v) is 6.28. The van der Waals surface area contributed by atoms with Crippen molar-refractivity contribution in [2.75, 3.05) is 14.2 Å². The quantitative estimate of drug-likeness (QED) is 0.447. The predicted octanol–water partition coefficient (Wildman–Crippen LogP) is 2.14. The number of aromatic nitrogens is 2. The Kier molecular flexibility index (Phi) is 4.95. The van der Waals surface area contributed by atoms with Gasteiger partial charge < -0.3 is 9.47 Å². The monoisotopic (exact) mass is 386 g/mol. The Morgan fingerprint density at radius 3 is 2.57 bits per heavy atom. The zero-order chi connectivity index (χ0) is 20.6. The number of nitro groups is 1. The smallest absolute Gasteiger partial charge is 0.358 e. The van der Waals surface area contributed by atoms with Crippen LogP contribution in [0, 0.1) is 16.0 Å². The normalized spacial score (nSPS) is 18.1. The largest absolute Gasteiger partial charge is 0.468 e. The topological polar surface area (TPSA) is 126 Å². The van der Waals surface area contributed by atoms with Gasteiger partial charge in [0.1, 0.15) is 5.92 Å². The highest BCUT2D eigenvalue weighted by Gasteiger charge is 2.43. The van der Waals surface area contributed by atoms with Crippen LogP contribution < -0.4 is 0 Å². The van der Waals surface area contributed by atoms with Crippen LogP contribution in [-0.4, -0.2) is 46.6 Å². The number of methoxy groups -OCH3 is 2. The predicted molar refractivity (Wildman–Crippen MR) is 97.8 cm³/mol. The first-order valence-electron chi connectivity index (χ1n) is 8.32. The van der Waals surface area contributed by atoms with Gasteiger partial charge >= 0.3 is 11.9 Å². The van der Waals surface area contributed by atoms with Crippen molar-refractivity contribution in [2.45, 2.75) is 12.8 Å². The fraction of sp³-hybridized carbons (Fsp3) is 0.333. The Labute approximate surface area is 159 Å². The fourth-order valence-electron chi connectivity index (χ4n) is 3.47. The van der Waals surface area contributed by atoms with E-state index in [0.717, 1.165) is 0 Å². The van der Waals surface area contributed by atoms with Gasteiger partial charge in [-0.05, 0) is 12.5 Å². The standard InChI is InChI=1S/C18H18N4O6/c1-9-12(17(23)27-3)13(10-6-5-7-11(8-10)22(25)26)14-15(18(24)28-4)20-21(2)16(14)19-9/h5-8,12-13H,1-4H3. The summed E-state index contributed by atoms with van der Waals surface area (Å²) in [5.74, 6) is -2.49. The molecule has 10 nitrogen and oxygen atoms in total. The van der Waals surface area contributed by atoms with Crippen molar-refractivity contribution in [1.29, 1.82) is 0 Å². The third-order valence-electron chi connectivity index (χ3n) is 4.70. The minimum Gasteiger partial charge on any atom is -0.468 e.